The van der Waals surface area contributed by atoms with E-state index in [2.05, 4.69) is 9.97 Å². The second-order valence-corrected chi connectivity index (χ2v) is 8.15. The van der Waals surface area contributed by atoms with Crippen molar-refractivity contribution in [2.24, 2.45) is 23.2 Å². The number of ketones is 1. The predicted molar refractivity (Wildman–Crippen MR) is 87.3 cm³/mol. The van der Waals surface area contributed by atoms with Crippen LogP contribution in [-0.2, 0) is 9.53 Å². The molecule has 0 amide bonds. The highest BCUT2D eigenvalue weighted by molar-refractivity contribution is 5.93. The summed E-state index contributed by atoms with van der Waals surface area (Å²) in [6.07, 6.45) is 9.07. The number of hydrogen-bond donors (Lipinski definition) is 0. The number of ether oxygens (including phenoxy) is 1. The van der Waals surface area contributed by atoms with Crippen LogP contribution >= 0.6 is 0 Å². The molecule has 4 bridgehead atoms. The number of carbonyl (C=O) groups is 2. The van der Waals surface area contributed by atoms with E-state index in [4.69, 9.17) is 4.74 Å². The maximum atomic E-state index is 13.1. The van der Waals surface area contributed by atoms with E-state index < -0.39 is 12.1 Å². The number of aromatic nitrogens is 2. The maximum absolute atomic E-state index is 13.1. The molecule has 0 saturated heterocycles. The van der Waals surface area contributed by atoms with Crippen molar-refractivity contribution in [3.63, 3.8) is 0 Å². The molecule has 0 aromatic carbocycles. The van der Waals surface area contributed by atoms with Gasteiger partial charge in [-0.2, -0.15) is 0 Å². The number of esters is 1. The normalized spacial score (nSPS) is 34.8. The highest BCUT2D eigenvalue weighted by Gasteiger charge is 2.55. The number of carbonyl (C=O) groups excluding carboxylic acids is 2. The molecule has 24 heavy (non-hydrogen) atoms. The van der Waals surface area contributed by atoms with Crippen LogP contribution in [0.25, 0.3) is 0 Å². The molecular weight excluding hydrogens is 304 g/mol. The van der Waals surface area contributed by atoms with Gasteiger partial charge in [-0.05, 0) is 70.1 Å². The lowest BCUT2D eigenvalue weighted by Crippen LogP contribution is -2.52. The van der Waals surface area contributed by atoms with E-state index >= 15 is 0 Å². The molecule has 1 aromatic heterocycles. The summed E-state index contributed by atoms with van der Waals surface area (Å²) in [4.78, 5) is 33.4. The Bertz CT molecular complexity index is 632. The third-order valence-corrected chi connectivity index (χ3v) is 6.20. The molecule has 0 radical (unpaired) electrons. The van der Waals surface area contributed by atoms with Gasteiger partial charge in [0.25, 0.3) is 0 Å². The summed E-state index contributed by atoms with van der Waals surface area (Å²) in [6, 6.07) is 0. The standard InChI is InChI=1S/C19H24N2O3/c1-11-9-21-16(10-20-11)18(23)24-12(2)17(22)19-6-13-3-14(7-19)5-15(4-13)8-19/h9-10,12-15H,3-8H2,1-2H3/t12-,13?,14?,15?,19?/m1/s1. The van der Waals surface area contributed by atoms with Crippen molar-refractivity contribution in [3.05, 3.63) is 23.8 Å². The van der Waals surface area contributed by atoms with Gasteiger partial charge in [0.2, 0.25) is 0 Å². The average Bonchev–Trinajstić information content (AvgIpc) is 2.53. The van der Waals surface area contributed by atoms with E-state index in [0.717, 1.165) is 25.0 Å². The zero-order valence-corrected chi connectivity index (χ0v) is 14.3. The summed E-state index contributed by atoms with van der Waals surface area (Å²) in [6.45, 7) is 3.52. The van der Waals surface area contributed by atoms with Gasteiger partial charge in [0.1, 0.15) is 0 Å². The fraction of sp³-hybridized carbons (Fsp3) is 0.684. The maximum Gasteiger partial charge on any atom is 0.359 e. The first kappa shape index (κ1) is 15.7. The fourth-order valence-electron chi connectivity index (χ4n) is 5.62. The number of nitrogens with zero attached hydrogens (tertiary/aromatic N) is 2. The third-order valence-electron chi connectivity index (χ3n) is 6.20. The largest absolute Gasteiger partial charge is 0.450 e. The van der Waals surface area contributed by atoms with E-state index in [1.54, 1.807) is 13.8 Å². The number of hydrogen-bond acceptors (Lipinski definition) is 5. The molecule has 1 aromatic rings. The molecule has 0 aliphatic heterocycles. The van der Waals surface area contributed by atoms with Crippen molar-refractivity contribution in [1.29, 1.82) is 0 Å². The fourth-order valence-corrected chi connectivity index (χ4v) is 5.62. The van der Waals surface area contributed by atoms with Gasteiger partial charge in [-0.3, -0.25) is 9.78 Å². The third kappa shape index (κ3) is 2.64. The summed E-state index contributed by atoms with van der Waals surface area (Å²) in [5.74, 6) is 1.66. The number of rotatable bonds is 4. The Morgan fingerprint density at radius 1 is 1.08 bits per heavy atom. The molecule has 0 unspecified atom stereocenters. The molecular formula is C19H24N2O3. The molecule has 128 valence electrons. The Kier molecular flexibility index (Phi) is 3.70. The van der Waals surface area contributed by atoms with Crippen LogP contribution in [0.5, 0.6) is 0 Å². The van der Waals surface area contributed by atoms with Crippen LogP contribution in [0.1, 0.15) is 61.6 Å². The van der Waals surface area contributed by atoms with E-state index in [9.17, 15) is 9.59 Å². The minimum atomic E-state index is -0.711. The second kappa shape index (κ2) is 5.64. The van der Waals surface area contributed by atoms with Gasteiger partial charge in [0.15, 0.2) is 17.6 Å². The Morgan fingerprint density at radius 3 is 2.17 bits per heavy atom. The Morgan fingerprint density at radius 2 is 1.67 bits per heavy atom. The van der Waals surface area contributed by atoms with Crippen LogP contribution in [0, 0.1) is 30.1 Å². The first-order valence-corrected chi connectivity index (χ1v) is 8.99. The lowest BCUT2D eigenvalue weighted by atomic mass is 9.48. The van der Waals surface area contributed by atoms with Crippen LogP contribution in [0.2, 0.25) is 0 Å². The topological polar surface area (TPSA) is 69.2 Å². The molecule has 1 heterocycles. The van der Waals surface area contributed by atoms with Crippen molar-refractivity contribution >= 4 is 11.8 Å². The first-order valence-electron chi connectivity index (χ1n) is 8.99. The molecule has 4 aliphatic carbocycles. The van der Waals surface area contributed by atoms with Gasteiger partial charge in [-0.25, -0.2) is 9.78 Å². The monoisotopic (exact) mass is 328 g/mol. The van der Waals surface area contributed by atoms with Crippen LogP contribution in [0.3, 0.4) is 0 Å². The van der Waals surface area contributed by atoms with E-state index in [0.29, 0.717) is 17.8 Å². The van der Waals surface area contributed by atoms with Gasteiger partial charge in [-0.15, -0.1) is 0 Å². The summed E-state index contributed by atoms with van der Waals surface area (Å²) in [7, 11) is 0. The first-order chi connectivity index (χ1) is 11.4. The lowest BCUT2D eigenvalue weighted by molar-refractivity contribution is -0.152. The van der Waals surface area contributed by atoms with Crippen molar-refractivity contribution in [2.45, 2.75) is 58.5 Å². The van der Waals surface area contributed by atoms with E-state index in [-0.39, 0.29) is 16.9 Å². The van der Waals surface area contributed by atoms with Crippen LogP contribution in [-0.4, -0.2) is 27.8 Å². The molecule has 5 rings (SSSR count). The zero-order valence-electron chi connectivity index (χ0n) is 14.3. The average molecular weight is 328 g/mol. The molecule has 4 saturated carbocycles. The Hall–Kier alpha value is -1.78. The lowest BCUT2D eigenvalue weighted by Gasteiger charge is -2.56. The SMILES string of the molecule is Cc1cnc(C(=O)O[C@H](C)C(=O)C23CC4CC(CC(C4)C2)C3)cn1. The van der Waals surface area contributed by atoms with E-state index in [1.807, 2.05) is 0 Å². The van der Waals surface area contributed by atoms with Crippen LogP contribution in [0.15, 0.2) is 12.4 Å². The summed E-state index contributed by atoms with van der Waals surface area (Å²) >= 11 is 0. The molecule has 0 spiro atoms. The molecule has 4 fully saturated rings. The van der Waals surface area contributed by atoms with Crippen LogP contribution in [0.4, 0.5) is 0 Å². The highest BCUT2D eigenvalue weighted by atomic mass is 16.5. The second-order valence-electron chi connectivity index (χ2n) is 8.15. The highest BCUT2D eigenvalue weighted by Crippen LogP contribution is 2.60. The zero-order chi connectivity index (χ0) is 16.9. The molecule has 4 aliphatic rings. The van der Waals surface area contributed by atoms with Gasteiger partial charge >= 0.3 is 5.97 Å². The summed E-state index contributed by atoms with van der Waals surface area (Å²) in [5, 5.41) is 0. The minimum Gasteiger partial charge on any atom is -0.450 e. The summed E-state index contributed by atoms with van der Waals surface area (Å²) < 4.78 is 5.44. The van der Waals surface area contributed by atoms with E-state index in [1.165, 1.54) is 31.7 Å². The molecule has 5 nitrogen and oxygen atoms in total. The molecule has 5 heteroatoms. The quantitative estimate of drug-likeness (QED) is 0.794. The predicted octanol–water partition coefficient (Wildman–Crippen LogP) is 3.12. The number of aryl methyl sites for hydroxylation is 1. The van der Waals surface area contributed by atoms with Crippen molar-refractivity contribution in [1.82, 2.24) is 9.97 Å². The molecule has 1 atom stereocenters. The van der Waals surface area contributed by atoms with Crippen molar-refractivity contribution in [2.75, 3.05) is 0 Å². The van der Waals surface area contributed by atoms with Crippen LogP contribution < -0.4 is 0 Å². The minimum absolute atomic E-state index is 0.120. The Labute approximate surface area is 142 Å². The van der Waals surface area contributed by atoms with Gasteiger partial charge < -0.3 is 4.74 Å². The van der Waals surface area contributed by atoms with Crippen molar-refractivity contribution < 1.29 is 14.3 Å². The van der Waals surface area contributed by atoms with Gasteiger partial charge in [-0.1, -0.05) is 0 Å². The number of Topliss-reactive ketones (excluding diaryl/α,β-unsaturated/α-hetero) is 1. The molecule has 0 N–H and O–H groups in total. The van der Waals surface area contributed by atoms with Gasteiger partial charge in [0, 0.05) is 11.6 Å². The smallest absolute Gasteiger partial charge is 0.359 e. The Balaban J connectivity index is 1.46. The van der Waals surface area contributed by atoms with Crippen molar-refractivity contribution in [3.8, 4) is 0 Å². The van der Waals surface area contributed by atoms with Gasteiger partial charge in [0.05, 0.1) is 11.9 Å². The summed E-state index contributed by atoms with van der Waals surface area (Å²) in [5.41, 5.74) is 0.655.